The van der Waals surface area contributed by atoms with Crippen LogP contribution < -0.4 is 9.64 Å². The Balaban J connectivity index is 1.79. The van der Waals surface area contributed by atoms with E-state index in [1.54, 1.807) is 42.5 Å². The third-order valence-corrected chi connectivity index (χ3v) is 4.20. The molecule has 0 N–H and O–H groups in total. The molecule has 1 aromatic heterocycles. The molecule has 0 saturated carbocycles. The van der Waals surface area contributed by atoms with Gasteiger partial charge in [-0.3, -0.25) is 4.79 Å². The van der Waals surface area contributed by atoms with Crippen molar-refractivity contribution >= 4 is 11.6 Å². The van der Waals surface area contributed by atoms with E-state index in [2.05, 4.69) is 4.98 Å². The highest BCUT2D eigenvalue weighted by atomic mass is 19.4. The lowest BCUT2D eigenvalue weighted by Gasteiger charge is -2.22. The molecule has 4 nitrogen and oxygen atoms in total. The van der Waals surface area contributed by atoms with Gasteiger partial charge < -0.3 is 9.64 Å². The maximum atomic E-state index is 13.1. The van der Waals surface area contributed by atoms with Crippen molar-refractivity contribution in [1.82, 2.24) is 4.98 Å². The van der Waals surface area contributed by atoms with Gasteiger partial charge in [0.2, 0.25) is 5.88 Å². The third kappa shape index (κ3) is 3.23. The normalized spacial score (nSPS) is 13.4. The monoisotopic (exact) mass is 370 g/mol. The lowest BCUT2D eigenvalue weighted by molar-refractivity contribution is -0.137. The van der Waals surface area contributed by atoms with Gasteiger partial charge in [0.05, 0.1) is 17.8 Å². The highest BCUT2D eigenvalue weighted by Crippen LogP contribution is 2.38. The summed E-state index contributed by atoms with van der Waals surface area (Å²) in [5, 5.41) is 0. The quantitative estimate of drug-likeness (QED) is 0.634. The third-order valence-electron chi connectivity index (χ3n) is 4.20. The molecule has 1 aliphatic rings. The van der Waals surface area contributed by atoms with E-state index in [1.165, 1.54) is 17.2 Å². The minimum Gasteiger partial charge on any atom is -0.436 e. The molecule has 4 rings (SSSR count). The molecule has 0 atom stereocenters. The zero-order valence-corrected chi connectivity index (χ0v) is 13.9. The van der Waals surface area contributed by atoms with Crippen LogP contribution in [0.1, 0.15) is 21.5 Å². The first-order valence-corrected chi connectivity index (χ1v) is 8.13. The molecule has 3 aromatic rings. The number of para-hydroxylation sites is 2. The van der Waals surface area contributed by atoms with Crippen molar-refractivity contribution in [2.75, 3.05) is 4.90 Å². The fourth-order valence-corrected chi connectivity index (χ4v) is 2.95. The van der Waals surface area contributed by atoms with Crippen molar-refractivity contribution in [2.45, 2.75) is 12.7 Å². The molecule has 0 unspecified atom stereocenters. The molecule has 0 aliphatic carbocycles. The second kappa shape index (κ2) is 6.42. The van der Waals surface area contributed by atoms with E-state index in [-0.39, 0.29) is 23.9 Å². The highest BCUT2D eigenvalue weighted by Gasteiger charge is 2.32. The Kier molecular flexibility index (Phi) is 4.07. The van der Waals surface area contributed by atoms with Gasteiger partial charge in [-0.15, -0.1) is 0 Å². The second-order valence-electron chi connectivity index (χ2n) is 6.02. The summed E-state index contributed by atoms with van der Waals surface area (Å²) in [5.74, 6) is 0.192. The van der Waals surface area contributed by atoms with Crippen LogP contribution >= 0.6 is 0 Å². The van der Waals surface area contributed by atoms with Crippen LogP contribution in [0.4, 0.5) is 18.9 Å². The number of halogens is 3. The van der Waals surface area contributed by atoms with E-state index >= 15 is 0 Å². The van der Waals surface area contributed by atoms with E-state index < -0.39 is 11.7 Å². The minimum atomic E-state index is -4.45. The molecular weight excluding hydrogens is 357 g/mol. The van der Waals surface area contributed by atoms with Crippen LogP contribution in [0, 0.1) is 0 Å². The van der Waals surface area contributed by atoms with Crippen molar-refractivity contribution in [3.8, 4) is 11.6 Å². The molecule has 2 heterocycles. The number of carbonyl (C=O) groups is 1. The smallest absolute Gasteiger partial charge is 0.416 e. The van der Waals surface area contributed by atoms with Crippen LogP contribution in [0.3, 0.4) is 0 Å². The number of carbonyl (C=O) groups excluding carboxylic acids is 1. The molecule has 0 fully saturated rings. The zero-order chi connectivity index (χ0) is 19.0. The lowest BCUT2D eigenvalue weighted by atomic mass is 10.1. The van der Waals surface area contributed by atoms with E-state index in [0.29, 0.717) is 17.0 Å². The average Bonchev–Trinajstić information content (AvgIpc) is 2.77. The molecule has 7 heteroatoms. The van der Waals surface area contributed by atoms with E-state index in [9.17, 15) is 18.0 Å². The van der Waals surface area contributed by atoms with Gasteiger partial charge in [0, 0.05) is 6.20 Å². The van der Waals surface area contributed by atoms with Crippen molar-refractivity contribution < 1.29 is 22.7 Å². The van der Waals surface area contributed by atoms with Gasteiger partial charge in [0.25, 0.3) is 5.91 Å². The summed E-state index contributed by atoms with van der Waals surface area (Å²) in [7, 11) is 0. The predicted molar refractivity (Wildman–Crippen MR) is 92.7 cm³/mol. The fraction of sp³-hybridized carbons (Fsp3) is 0.100. The first kappa shape index (κ1) is 17.1. The summed E-state index contributed by atoms with van der Waals surface area (Å²) in [6, 6.07) is 15.0. The Labute approximate surface area is 152 Å². The minimum absolute atomic E-state index is 0.0303. The molecule has 1 aliphatic heterocycles. The zero-order valence-electron chi connectivity index (χ0n) is 13.9. The largest absolute Gasteiger partial charge is 0.436 e. The Morgan fingerprint density at radius 1 is 1.00 bits per heavy atom. The van der Waals surface area contributed by atoms with Gasteiger partial charge in [-0.2, -0.15) is 13.2 Å². The van der Waals surface area contributed by atoms with Crippen LogP contribution in [0.5, 0.6) is 11.6 Å². The summed E-state index contributed by atoms with van der Waals surface area (Å²) in [6.07, 6.45) is -2.94. The van der Waals surface area contributed by atoms with Crippen LogP contribution in [0.2, 0.25) is 0 Å². The van der Waals surface area contributed by atoms with Crippen molar-refractivity contribution in [1.29, 1.82) is 0 Å². The Morgan fingerprint density at radius 2 is 1.81 bits per heavy atom. The molecule has 2 aromatic carbocycles. The van der Waals surface area contributed by atoms with Crippen molar-refractivity contribution in [2.24, 2.45) is 0 Å². The molecule has 0 bridgehead atoms. The molecule has 27 heavy (non-hydrogen) atoms. The average molecular weight is 370 g/mol. The van der Waals surface area contributed by atoms with Crippen LogP contribution in [-0.4, -0.2) is 10.9 Å². The van der Waals surface area contributed by atoms with Gasteiger partial charge in [0.15, 0.2) is 5.75 Å². The number of hydrogen-bond donors (Lipinski definition) is 0. The molecule has 1 amide bonds. The van der Waals surface area contributed by atoms with Crippen molar-refractivity contribution in [3.05, 3.63) is 83.6 Å². The Hall–Kier alpha value is -3.35. The van der Waals surface area contributed by atoms with Crippen LogP contribution in [-0.2, 0) is 12.7 Å². The number of alkyl halides is 3. The number of benzene rings is 2. The number of amides is 1. The standard InChI is InChI=1S/C20H13F3N2O2/c21-20(22,23)14-6-3-5-13(11-14)12-25-16-8-1-2-9-17(16)27-18-15(19(25)26)7-4-10-24-18/h1-11H,12H2. The molecule has 0 radical (unpaired) electrons. The van der Waals surface area contributed by atoms with Gasteiger partial charge in [-0.05, 0) is 42.0 Å². The SMILES string of the molecule is O=C1c2cccnc2Oc2ccccc2N1Cc1cccc(C(F)(F)F)c1. The van der Waals surface area contributed by atoms with E-state index in [1.807, 2.05) is 0 Å². The number of hydrogen-bond acceptors (Lipinski definition) is 3. The number of anilines is 1. The van der Waals surface area contributed by atoms with Crippen LogP contribution in [0.25, 0.3) is 0 Å². The molecule has 0 saturated heterocycles. The summed E-state index contributed by atoms with van der Waals surface area (Å²) in [5.41, 5.74) is 0.327. The number of nitrogens with zero attached hydrogens (tertiary/aromatic N) is 2. The topological polar surface area (TPSA) is 42.4 Å². The number of ether oxygens (including phenoxy) is 1. The maximum absolute atomic E-state index is 13.1. The van der Waals surface area contributed by atoms with E-state index in [0.717, 1.165) is 12.1 Å². The van der Waals surface area contributed by atoms with Gasteiger partial charge >= 0.3 is 6.18 Å². The molecule has 136 valence electrons. The maximum Gasteiger partial charge on any atom is 0.416 e. The highest BCUT2D eigenvalue weighted by molar-refractivity contribution is 6.09. The molecular formula is C20H13F3N2O2. The van der Waals surface area contributed by atoms with E-state index in [4.69, 9.17) is 4.74 Å². The molecule has 0 spiro atoms. The first-order valence-electron chi connectivity index (χ1n) is 8.13. The van der Waals surface area contributed by atoms with Gasteiger partial charge in [-0.25, -0.2) is 4.98 Å². The summed E-state index contributed by atoms with van der Waals surface area (Å²) >= 11 is 0. The van der Waals surface area contributed by atoms with Crippen molar-refractivity contribution in [3.63, 3.8) is 0 Å². The number of aromatic nitrogens is 1. The Morgan fingerprint density at radius 3 is 2.63 bits per heavy atom. The number of rotatable bonds is 2. The summed E-state index contributed by atoms with van der Waals surface area (Å²) in [4.78, 5) is 18.6. The second-order valence-corrected chi connectivity index (χ2v) is 6.02. The predicted octanol–water partition coefficient (Wildman–Crippen LogP) is 5.05. The lowest BCUT2D eigenvalue weighted by Crippen LogP contribution is -2.29. The summed E-state index contributed by atoms with van der Waals surface area (Å²) in [6.45, 7) is -0.0303. The summed E-state index contributed by atoms with van der Waals surface area (Å²) < 4.78 is 44.8. The Bertz CT molecular complexity index is 1020. The first-order chi connectivity index (χ1) is 12.9. The van der Waals surface area contributed by atoms with Crippen LogP contribution in [0.15, 0.2) is 66.9 Å². The van der Waals surface area contributed by atoms with Gasteiger partial charge in [0.1, 0.15) is 5.56 Å². The number of pyridine rings is 1. The number of fused-ring (bicyclic) bond motifs is 2. The fourth-order valence-electron chi connectivity index (χ4n) is 2.95. The van der Waals surface area contributed by atoms with Gasteiger partial charge in [-0.1, -0.05) is 24.3 Å².